The summed E-state index contributed by atoms with van der Waals surface area (Å²) in [5.74, 6) is -0.964. The average Bonchev–Trinajstić information content (AvgIpc) is 2.89. The number of nitrogens with zero attached hydrogens (tertiary/aromatic N) is 2. The monoisotopic (exact) mass is 615 g/mol. The van der Waals surface area contributed by atoms with Gasteiger partial charge in [0.05, 0.1) is 11.1 Å². The predicted molar refractivity (Wildman–Crippen MR) is 150 cm³/mol. The zero-order valence-electron chi connectivity index (χ0n) is 22.5. The Morgan fingerprint density at radius 2 is 1.88 bits per heavy atom. The number of rotatable bonds is 11. The molecular weight excluding hydrogens is 585 g/mol. The summed E-state index contributed by atoms with van der Waals surface area (Å²) in [4.78, 5) is 58.6. The van der Waals surface area contributed by atoms with Crippen molar-refractivity contribution < 1.29 is 42.3 Å². The Balaban J connectivity index is 1.69. The van der Waals surface area contributed by atoms with Crippen molar-refractivity contribution in [3.05, 3.63) is 70.9 Å². The van der Waals surface area contributed by atoms with Gasteiger partial charge in [-0.3, -0.25) is 5.32 Å². The van der Waals surface area contributed by atoms with E-state index in [9.17, 15) is 33.1 Å². The predicted octanol–water partition coefficient (Wildman–Crippen LogP) is 5.01. The van der Waals surface area contributed by atoms with Gasteiger partial charge in [0, 0.05) is 25.2 Å². The summed E-state index contributed by atoms with van der Waals surface area (Å²) in [5, 5.41) is 6.15. The van der Waals surface area contributed by atoms with E-state index in [1.165, 1.54) is 48.5 Å². The number of amides is 3. The molecule has 0 aliphatic heterocycles. The van der Waals surface area contributed by atoms with Crippen molar-refractivity contribution in [1.29, 1.82) is 0 Å². The van der Waals surface area contributed by atoms with Gasteiger partial charge in [-0.25, -0.2) is 23.4 Å². The number of urea groups is 1. The topological polar surface area (TPSA) is 153 Å². The first-order valence-corrected chi connectivity index (χ1v) is 14.2. The van der Waals surface area contributed by atoms with Gasteiger partial charge in [0.25, 0.3) is 0 Å². The molecule has 0 unspecified atom stereocenters. The average molecular weight is 616 g/mol. The van der Waals surface area contributed by atoms with E-state index in [4.69, 9.17) is 20.9 Å². The van der Waals surface area contributed by atoms with Crippen LogP contribution in [-0.2, 0) is 15.8 Å². The largest absolute Gasteiger partial charge is 0.567 e. The molecule has 0 saturated heterocycles. The second-order valence-corrected chi connectivity index (χ2v) is 11.7. The van der Waals surface area contributed by atoms with Crippen LogP contribution in [0.4, 0.5) is 24.2 Å². The molecule has 222 valence electrons. The van der Waals surface area contributed by atoms with Crippen LogP contribution in [0.3, 0.4) is 0 Å². The van der Waals surface area contributed by atoms with Crippen molar-refractivity contribution in [1.82, 2.24) is 15.2 Å². The number of carbonyl (C=O) groups excluding carboxylic acids is 2. The molecule has 3 amide bonds. The van der Waals surface area contributed by atoms with Crippen LogP contribution in [0.15, 0.2) is 48.7 Å². The molecule has 0 bridgehead atoms. The number of hydrogen-bond donors (Lipinski definition) is 5. The van der Waals surface area contributed by atoms with Crippen molar-refractivity contribution in [2.45, 2.75) is 32.9 Å². The normalized spacial score (nSPS) is 12.6. The molecule has 0 aliphatic carbocycles. The van der Waals surface area contributed by atoms with Gasteiger partial charge in [0.15, 0.2) is 0 Å². The van der Waals surface area contributed by atoms with Gasteiger partial charge < -0.3 is 15.0 Å². The van der Waals surface area contributed by atoms with E-state index in [1.807, 2.05) is 0 Å². The summed E-state index contributed by atoms with van der Waals surface area (Å²) in [6.07, 6.45) is 0.696. The molecular formula is C26H31ClF2N4O7P+. The lowest BCUT2D eigenvalue weighted by molar-refractivity contribution is 0.0622. The Morgan fingerprint density at radius 1 is 1.15 bits per heavy atom. The van der Waals surface area contributed by atoms with Crippen LogP contribution in [0, 0.1) is 17.0 Å². The molecule has 1 heterocycles. The number of halogens is 3. The molecule has 0 aliphatic rings. The standard InChI is InChI=1S/C26H30ClF2N4O7P/c1-26(2,15-40-41(36,37)38)11-20(33(3)24(34)31-13-17-5-4-6-21(29)23(17)27)14-39-25(35)32-22-10-18-9-19(28)8-7-16(18)12-30-22/h4-10,12,20,36-38H,11,13-15H2,1-3H3,(H-,30,31,32,34,35)/p+1/t20-/m0/s1. The molecule has 5 N–H and O–H groups in total. The van der Waals surface area contributed by atoms with Crippen LogP contribution in [0.2, 0.25) is 5.02 Å². The summed E-state index contributed by atoms with van der Waals surface area (Å²) >= 11 is 5.97. The lowest BCUT2D eigenvalue weighted by atomic mass is 9.86. The van der Waals surface area contributed by atoms with E-state index in [1.54, 1.807) is 26.0 Å². The van der Waals surface area contributed by atoms with E-state index in [2.05, 4.69) is 15.6 Å². The highest BCUT2D eigenvalue weighted by atomic mass is 35.5. The maximum absolute atomic E-state index is 13.8. The fourth-order valence-corrected chi connectivity index (χ4v) is 4.62. The van der Waals surface area contributed by atoms with Crippen molar-refractivity contribution in [2.24, 2.45) is 5.41 Å². The number of likely N-dealkylation sites (N-methyl/N-ethyl adjacent to an activating group) is 1. The van der Waals surface area contributed by atoms with Gasteiger partial charge in [0.2, 0.25) is 0 Å². The third-order valence-corrected chi connectivity index (χ3v) is 6.97. The summed E-state index contributed by atoms with van der Waals surface area (Å²) in [6, 6.07) is 8.44. The SMILES string of the molecule is CN(C(=O)NCc1cccc(F)c1Cl)[C@H](COC(=O)Nc1cc2cc(F)ccc2cn1)CC(C)(C)CO[P+](O)(O)O. The second kappa shape index (κ2) is 13.6. The molecule has 0 saturated carbocycles. The molecule has 0 radical (unpaired) electrons. The Kier molecular flexibility index (Phi) is 10.8. The molecule has 11 nitrogen and oxygen atoms in total. The maximum Gasteiger partial charge on any atom is 0.567 e. The quantitative estimate of drug-likeness (QED) is 0.189. The maximum atomic E-state index is 13.8. The Labute approximate surface area is 240 Å². The van der Waals surface area contributed by atoms with E-state index < -0.39 is 43.4 Å². The number of nitrogens with one attached hydrogen (secondary N) is 2. The number of pyridine rings is 1. The van der Waals surface area contributed by atoms with Gasteiger partial charge in [0.1, 0.15) is 30.7 Å². The number of aromatic nitrogens is 1. The minimum atomic E-state index is -4.50. The van der Waals surface area contributed by atoms with Gasteiger partial charge in [-0.1, -0.05) is 37.6 Å². The summed E-state index contributed by atoms with van der Waals surface area (Å²) < 4.78 is 37.5. The fourth-order valence-electron chi connectivity index (χ4n) is 3.90. The number of fused-ring (bicyclic) bond motifs is 1. The van der Waals surface area contributed by atoms with Crippen molar-refractivity contribution in [2.75, 3.05) is 25.6 Å². The highest BCUT2D eigenvalue weighted by molar-refractivity contribution is 7.53. The van der Waals surface area contributed by atoms with E-state index in [0.717, 1.165) is 0 Å². The summed E-state index contributed by atoms with van der Waals surface area (Å²) in [7, 11) is -3.05. The molecule has 1 aromatic heterocycles. The molecule has 2 aromatic carbocycles. The zero-order chi connectivity index (χ0) is 30.4. The fraction of sp³-hybridized carbons (Fsp3) is 0.346. The van der Waals surface area contributed by atoms with E-state index >= 15 is 0 Å². The number of carbonyl (C=O) groups is 2. The van der Waals surface area contributed by atoms with Gasteiger partial charge >= 0.3 is 20.3 Å². The number of benzene rings is 2. The molecule has 41 heavy (non-hydrogen) atoms. The van der Waals surface area contributed by atoms with Crippen LogP contribution in [-0.4, -0.2) is 63.0 Å². The molecule has 15 heteroatoms. The van der Waals surface area contributed by atoms with Crippen LogP contribution in [0.1, 0.15) is 25.8 Å². The first-order valence-electron chi connectivity index (χ1n) is 12.3. The number of anilines is 1. The molecule has 3 aromatic rings. The van der Waals surface area contributed by atoms with E-state index in [0.29, 0.717) is 16.3 Å². The first kappa shape index (κ1) is 32.3. The molecule has 1 atom stereocenters. The molecule has 0 spiro atoms. The van der Waals surface area contributed by atoms with E-state index in [-0.39, 0.29) is 37.0 Å². The lowest BCUT2D eigenvalue weighted by Gasteiger charge is -2.34. The zero-order valence-corrected chi connectivity index (χ0v) is 24.1. The number of ether oxygens (including phenoxy) is 1. The third kappa shape index (κ3) is 9.99. The van der Waals surface area contributed by atoms with Crippen LogP contribution in [0.5, 0.6) is 0 Å². The first-order chi connectivity index (χ1) is 19.1. The van der Waals surface area contributed by atoms with Gasteiger partial charge in [-0.2, -0.15) is 19.2 Å². The van der Waals surface area contributed by atoms with Gasteiger partial charge in [-0.15, -0.1) is 0 Å². The third-order valence-electron chi connectivity index (χ3n) is 6.07. The number of hydrogen-bond acceptors (Lipinski definition) is 8. The Bertz CT molecular complexity index is 1390. The highest BCUT2D eigenvalue weighted by Crippen LogP contribution is 2.47. The Hall–Kier alpha value is -3.19. The van der Waals surface area contributed by atoms with Crippen molar-refractivity contribution >= 4 is 48.5 Å². The second-order valence-electron chi connectivity index (χ2n) is 10.1. The highest BCUT2D eigenvalue weighted by Gasteiger charge is 2.38. The summed E-state index contributed by atoms with van der Waals surface area (Å²) in [6.45, 7) is 2.69. The molecule has 3 rings (SSSR count). The van der Waals surface area contributed by atoms with Crippen LogP contribution in [0.25, 0.3) is 10.8 Å². The smallest absolute Gasteiger partial charge is 0.447 e. The molecule has 0 fully saturated rings. The van der Waals surface area contributed by atoms with Crippen LogP contribution >= 0.6 is 19.8 Å². The lowest BCUT2D eigenvalue weighted by Crippen LogP contribution is -2.48. The van der Waals surface area contributed by atoms with Crippen molar-refractivity contribution in [3.8, 4) is 0 Å². The van der Waals surface area contributed by atoms with Crippen molar-refractivity contribution in [3.63, 3.8) is 0 Å². The minimum Gasteiger partial charge on any atom is -0.447 e. The summed E-state index contributed by atoms with van der Waals surface area (Å²) in [5.41, 5.74) is -0.486. The Morgan fingerprint density at radius 3 is 2.59 bits per heavy atom. The van der Waals surface area contributed by atoms with Gasteiger partial charge in [-0.05, 0) is 53.1 Å². The minimum absolute atomic E-state index is 0.0822. The van der Waals surface area contributed by atoms with Crippen LogP contribution < -0.4 is 10.6 Å².